The summed E-state index contributed by atoms with van der Waals surface area (Å²) < 4.78 is 0. The van der Waals surface area contributed by atoms with E-state index in [0.29, 0.717) is 13.1 Å². The fourth-order valence-corrected chi connectivity index (χ4v) is 2.03. The fourth-order valence-electron chi connectivity index (χ4n) is 2.03. The van der Waals surface area contributed by atoms with Crippen molar-refractivity contribution in [2.75, 3.05) is 32.7 Å². The summed E-state index contributed by atoms with van der Waals surface area (Å²) in [5.41, 5.74) is 0. The van der Waals surface area contributed by atoms with Crippen LogP contribution in [0.3, 0.4) is 0 Å². The Morgan fingerprint density at radius 3 is 3.00 bits per heavy atom. The molecule has 1 N–H and O–H groups in total. The van der Waals surface area contributed by atoms with Crippen LogP contribution in [0.15, 0.2) is 0 Å². The third-order valence-corrected chi connectivity index (χ3v) is 2.79. The summed E-state index contributed by atoms with van der Waals surface area (Å²) in [5, 5.41) is 3.20. The van der Waals surface area contributed by atoms with Gasteiger partial charge in [0.25, 0.3) is 0 Å². The first kappa shape index (κ1) is 9.99. The SMILES string of the molecule is C#CCN1CC2CNCCN2C(=O)C1=O. The van der Waals surface area contributed by atoms with Crippen LogP contribution in [0.25, 0.3) is 0 Å². The molecule has 0 radical (unpaired) electrons. The second-order valence-corrected chi connectivity index (χ2v) is 3.75. The van der Waals surface area contributed by atoms with Gasteiger partial charge in [0.15, 0.2) is 0 Å². The zero-order valence-electron chi connectivity index (χ0n) is 8.40. The van der Waals surface area contributed by atoms with Gasteiger partial charge >= 0.3 is 11.8 Å². The van der Waals surface area contributed by atoms with Crippen molar-refractivity contribution in [2.45, 2.75) is 6.04 Å². The third kappa shape index (κ3) is 1.68. The predicted molar refractivity (Wildman–Crippen MR) is 53.8 cm³/mol. The van der Waals surface area contributed by atoms with Crippen LogP contribution in [-0.2, 0) is 9.59 Å². The minimum atomic E-state index is -0.467. The molecule has 0 aromatic heterocycles. The molecule has 5 nitrogen and oxygen atoms in total. The van der Waals surface area contributed by atoms with Crippen LogP contribution in [0, 0.1) is 12.3 Å². The smallest absolute Gasteiger partial charge is 0.312 e. The van der Waals surface area contributed by atoms with Gasteiger partial charge in [0.05, 0.1) is 12.6 Å². The van der Waals surface area contributed by atoms with Gasteiger partial charge in [-0.25, -0.2) is 0 Å². The highest BCUT2D eigenvalue weighted by Gasteiger charge is 2.39. The van der Waals surface area contributed by atoms with E-state index in [1.807, 2.05) is 0 Å². The predicted octanol–water partition coefficient (Wildman–Crippen LogP) is -1.74. The molecule has 2 amide bonds. The molecule has 80 valence electrons. The molecule has 2 saturated heterocycles. The Morgan fingerprint density at radius 1 is 1.47 bits per heavy atom. The number of carbonyl (C=O) groups is 2. The van der Waals surface area contributed by atoms with Crippen LogP contribution in [0.4, 0.5) is 0 Å². The van der Waals surface area contributed by atoms with Gasteiger partial charge in [-0.05, 0) is 0 Å². The van der Waals surface area contributed by atoms with Gasteiger partial charge in [-0.15, -0.1) is 6.42 Å². The highest BCUT2D eigenvalue weighted by Crippen LogP contribution is 2.13. The Bertz CT molecular complexity index is 334. The zero-order valence-corrected chi connectivity index (χ0v) is 8.40. The van der Waals surface area contributed by atoms with E-state index in [1.165, 1.54) is 4.90 Å². The van der Waals surface area contributed by atoms with Crippen LogP contribution in [-0.4, -0.2) is 60.4 Å². The molecule has 0 spiro atoms. The van der Waals surface area contributed by atoms with Crippen molar-refractivity contribution >= 4 is 11.8 Å². The molecular formula is C10H13N3O2. The molecule has 1 unspecified atom stereocenters. The summed E-state index contributed by atoms with van der Waals surface area (Å²) in [7, 11) is 0. The molecule has 2 heterocycles. The van der Waals surface area contributed by atoms with E-state index < -0.39 is 11.8 Å². The fraction of sp³-hybridized carbons (Fsp3) is 0.600. The van der Waals surface area contributed by atoms with E-state index in [0.717, 1.165) is 13.1 Å². The molecule has 2 aliphatic heterocycles. The maximum atomic E-state index is 11.7. The average molecular weight is 207 g/mol. The lowest BCUT2D eigenvalue weighted by Crippen LogP contribution is -2.65. The summed E-state index contributed by atoms with van der Waals surface area (Å²) in [6.45, 7) is 2.86. The van der Waals surface area contributed by atoms with Crippen molar-refractivity contribution in [2.24, 2.45) is 0 Å². The topological polar surface area (TPSA) is 52.6 Å². The van der Waals surface area contributed by atoms with E-state index in [-0.39, 0.29) is 12.6 Å². The van der Waals surface area contributed by atoms with Crippen LogP contribution in [0.5, 0.6) is 0 Å². The van der Waals surface area contributed by atoms with Crippen LogP contribution >= 0.6 is 0 Å². The summed E-state index contributed by atoms with van der Waals surface area (Å²) in [4.78, 5) is 26.4. The van der Waals surface area contributed by atoms with Crippen molar-refractivity contribution in [3.63, 3.8) is 0 Å². The van der Waals surface area contributed by atoms with E-state index in [2.05, 4.69) is 11.2 Å². The van der Waals surface area contributed by atoms with Gasteiger partial charge in [-0.3, -0.25) is 9.59 Å². The first-order chi connectivity index (χ1) is 7.24. The Labute approximate surface area is 88.4 Å². The number of rotatable bonds is 1. The van der Waals surface area contributed by atoms with Crippen molar-refractivity contribution in [3.8, 4) is 12.3 Å². The molecule has 0 aromatic carbocycles. The maximum absolute atomic E-state index is 11.7. The van der Waals surface area contributed by atoms with E-state index >= 15 is 0 Å². The number of carbonyl (C=O) groups excluding carboxylic acids is 2. The minimum absolute atomic E-state index is 0.0808. The van der Waals surface area contributed by atoms with Gasteiger partial charge in [0.1, 0.15) is 0 Å². The van der Waals surface area contributed by atoms with E-state index in [1.54, 1.807) is 4.90 Å². The van der Waals surface area contributed by atoms with Gasteiger partial charge in [-0.2, -0.15) is 0 Å². The average Bonchev–Trinajstić information content (AvgIpc) is 2.26. The molecule has 5 heteroatoms. The molecule has 0 saturated carbocycles. The first-order valence-corrected chi connectivity index (χ1v) is 4.98. The Balaban J connectivity index is 2.14. The van der Waals surface area contributed by atoms with E-state index in [4.69, 9.17) is 6.42 Å². The van der Waals surface area contributed by atoms with Crippen LogP contribution < -0.4 is 5.32 Å². The highest BCUT2D eigenvalue weighted by atomic mass is 16.2. The van der Waals surface area contributed by atoms with Crippen LogP contribution in [0.1, 0.15) is 0 Å². The van der Waals surface area contributed by atoms with E-state index in [9.17, 15) is 9.59 Å². The second kappa shape index (κ2) is 3.91. The van der Waals surface area contributed by atoms with Gasteiger partial charge in [0, 0.05) is 26.2 Å². The summed E-state index contributed by atoms with van der Waals surface area (Å²) >= 11 is 0. The molecule has 15 heavy (non-hydrogen) atoms. The number of hydrogen-bond donors (Lipinski definition) is 1. The number of nitrogens with zero attached hydrogens (tertiary/aromatic N) is 2. The normalized spacial score (nSPS) is 26.2. The van der Waals surface area contributed by atoms with Crippen molar-refractivity contribution in [1.82, 2.24) is 15.1 Å². The Morgan fingerprint density at radius 2 is 2.27 bits per heavy atom. The molecule has 2 fully saturated rings. The molecule has 0 aliphatic carbocycles. The highest BCUT2D eigenvalue weighted by molar-refractivity contribution is 6.35. The molecule has 0 bridgehead atoms. The van der Waals surface area contributed by atoms with Crippen LogP contribution in [0.2, 0.25) is 0 Å². The third-order valence-electron chi connectivity index (χ3n) is 2.79. The maximum Gasteiger partial charge on any atom is 0.312 e. The van der Waals surface area contributed by atoms with Crippen molar-refractivity contribution in [3.05, 3.63) is 0 Å². The zero-order chi connectivity index (χ0) is 10.8. The standard InChI is InChI=1S/C10H13N3O2/c1-2-4-12-7-8-6-11-3-5-13(8)10(15)9(12)14/h1,8,11H,3-7H2. The summed E-state index contributed by atoms with van der Waals surface area (Å²) in [5.74, 6) is 1.52. The number of fused-ring (bicyclic) bond motifs is 1. The number of terminal acetylenes is 1. The minimum Gasteiger partial charge on any atom is -0.327 e. The molecule has 2 rings (SSSR count). The summed E-state index contributed by atoms with van der Waals surface area (Å²) in [6, 6.07) is 0.0808. The number of hydrogen-bond acceptors (Lipinski definition) is 3. The quantitative estimate of drug-likeness (QED) is 0.410. The lowest BCUT2D eigenvalue weighted by Gasteiger charge is -2.42. The second-order valence-electron chi connectivity index (χ2n) is 3.75. The number of amides is 2. The monoisotopic (exact) mass is 207 g/mol. The number of piperazine rings is 2. The summed E-state index contributed by atoms with van der Waals surface area (Å²) in [6.07, 6.45) is 5.15. The lowest BCUT2D eigenvalue weighted by atomic mass is 10.1. The van der Waals surface area contributed by atoms with Gasteiger partial charge in [-0.1, -0.05) is 5.92 Å². The van der Waals surface area contributed by atoms with Crippen molar-refractivity contribution in [1.29, 1.82) is 0 Å². The molecular weight excluding hydrogens is 194 g/mol. The first-order valence-electron chi connectivity index (χ1n) is 4.98. The molecule has 0 aromatic rings. The van der Waals surface area contributed by atoms with Crippen molar-refractivity contribution < 1.29 is 9.59 Å². The Kier molecular flexibility index (Phi) is 2.60. The Hall–Kier alpha value is -1.54. The number of nitrogens with one attached hydrogen (secondary N) is 1. The molecule has 2 aliphatic rings. The lowest BCUT2D eigenvalue weighted by molar-refractivity contribution is -0.159. The molecule has 1 atom stereocenters. The van der Waals surface area contributed by atoms with Gasteiger partial charge < -0.3 is 15.1 Å². The largest absolute Gasteiger partial charge is 0.327 e. The van der Waals surface area contributed by atoms with Gasteiger partial charge in [0.2, 0.25) is 0 Å².